The van der Waals surface area contributed by atoms with Gasteiger partial charge >= 0.3 is 0 Å². The molecule has 0 aromatic heterocycles. The van der Waals surface area contributed by atoms with Gasteiger partial charge in [0.1, 0.15) is 12.6 Å². The van der Waals surface area contributed by atoms with Gasteiger partial charge in [-0.15, -0.1) is 0 Å². The van der Waals surface area contributed by atoms with Gasteiger partial charge in [-0.05, 0) is 73.6 Å². The molecule has 1 atom stereocenters. The van der Waals surface area contributed by atoms with Gasteiger partial charge in [-0.3, -0.25) is 13.9 Å². The highest BCUT2D eigenvalue weighted by atomic mass is 32.2. The average Bonchev–Trinajstić information content (AvgIpc) is 2.93. The molecule has 40 heavy (non-hydrogen) atoms. The number of hydrogen-bond donors (Lipinski definition) is 1. The molecule has 214 valence electrons. The SMILES string of the molecule is CC[C@H](C(=O)NCC(C)C)N(Cc1ccccc1C)C(=O)CN(c1cc(C)ccc1C)S(=O)(=O)c1ccccc1. The van der Waals surface area contributed by atoms with Gasteiger partial charge in [-0.25, -0.2) is 8.42 Å². The predicted octanol–water partition coefficient (Wildman–Crippen LogP) is 5.39. The van der Waals surface area contributed by atoms with Gasteiger partial charge in [-0.2, -0.15) is 0 Å². The summed E-state index contributed by atoms with van der Waals surface area (Å²) in [5, 5.41) is 2.96. The molecule has 0 aliphatic carbocycles. The Morgan fingerprint density at radius 1 is 0.875 bits per heavy atom. The Morgan fingerprint density at radius 3 is 2.15 bits per heavy atom. The lowest BCUT2D eigenvalue weighted by Gasteiger charge is -2.34. The maximum absolute atomic E-state index is 14.2. The minimum Gasteiger partial charge on any atom is -0.354 e. The Morgan fingerprint density at radius 2 is 1.52 bits per heavy atom. The summed E-state index contributed by atoms with van der Waals surface area (Å²) in [5.41, 5.74) is 3.92. The molecule has 0 aliphatic heterocycles. The van der Waals surface area contributed by atoms with E-state index in [0.29, 0.717) is 18.7 Å². The van der Waals surface area contributed by atoms with Crippen LogP contribution in [0.5, 0.6) is 0 Å². The molecule has 0 aliphatic rings. The van der Waals surface area contributed by atoms with Gasteiger partial charge in [0.25, 0.3) is 10.0 Å². The third kappa shape index (κ3) is 7.50. The fraction of sp³-hybridized carbons (Fsp3) is 0.375. The van der Waals surface area contributed by atoms with E-state index in [2.05, 4.69) is 5.32 Å². The summed E-state index contributed by atoms with van der Waals surface area (Å²) >= 11 is 0. The molecule has 0 heterocycles. The van der Waals surface area contributed by atoms with Crippen LogP contribution in [0.1, 0.15) is 49.4 Å². The number of benzene rings is 3. The summed E-state index contributed by atoms with van der Waals surface area (Å²) in [4.78, 5) is 29.2. The number of carbonyl (C=O) groups is 2. The lowest BCUT2D eigenvalue weighted by Crippen LogP contribution is -2.52. The Balaban J connectivity index is 2.09. The van der Waals surface area contributed by atoms with E-state index < -0.39 is 28.5 Å². The third-order valence-electron chi connectivity index (χ3n) is 6.92. The normalized spacial score (nSPS) is 12.2. The summed E-state index contributed by atoms with van der Waals surface area (Å²) in [7, 11) is -4.09. The first-order chi connectivity index (χ1) is 18.9. The summed E-state index contributed by atoms with van der Waals surface area (Å²) in [6.45, 7) is 11.8. The molecule has 0 saturated carbocycles. The molecule has 2 amide bonds. The highest BCUT2D eigenvalue weighted by Gasteiger charge is 2.34. The van der Waals surface area contributed by atoms with Crippen LogP contribution in [0, 0.1) is 26.7 Å². The first kappa shape index (κ1) is 30.9. The Kier molecular flexibility index (Phi) is 10.5. The van der Waals surface area contributed by atoms with E-state index in [1.54, 1.807) is 24.3 Å². The average molecular weight is 564 g/mol. The second kappa shape index (κ2) is 13.6. The number of rotatable bonds is 12. The fourth-order valence-corrected chi connectivity index (χ4v) is 6.03. The highest BCUT2D eigenvalue weighted by molar-refractivity contribution is 7.92. The second-order valence-electron chi connectivity index (χ2n) is 10.6. The number of carbonyl (C=O) groups excluding carboxylic acids is 2. The third-order valence-corrected chi connectivity index (χ3v) is 8.69. The zero-order valence-corrected chi connectivity index (χ0v) is 25.2. The van der Waals surface area contributed by atoms with Gasteiger partial charge in [0, 0.05) is 13.1 Å². The molecule has 0 unspecified atom stereocenters. The molecule has 8 heteroatoms. The number of nitrogens with one attached hydrogen (secondary N) is 1. The van der Waals surface area contributed by atoms with Crippen molar-refractivity contribution in [2.24, 2.45) is 5.92 Å². The maximum Gasteiger partial charge on any atom is 0.264 e. The molecule has 3 rings (SSSR count). The van der Waals surface area contributed by atoms with Crippen molar-refractivity contribution in [2.45, 2.75) is 65.4 Å². The first-order valence-corrected chi connectivity index (χ1v) is 15.2. The van der Waals surface area contributed by atoms with Gasteiger partial charge in [0.2, 0.25) is 11.8 Å². The molecule has 3 aromatic rings. The van der Waals surface area contributed by atoms with Crippen LogP contribution in [0.25, 0.3) is 0 Å². The molecule has 7 nitrogen and oxygen atoms in total. The minimum absolute atomic E-state index is 0.0934. The summed E-state index contributed by atoms with van der Waals surface area (Å²) < 4.78 is 29.2. The summed E-state index contributed by atoms with van der Waals surface area (Å²) in [5.74, 6) is -0.449. The van der Waals surface area contributed by atoms with E-state index in [-0.39, 0.29) is 23.3 Å². The number of anilines is 1. The molecule has 0 spiro atoms. The lowest BCUT2D eigenvalue weighted by molar-refractivity contribution is -0.140. The Labute approximate surface area is 239 Å². The number of nitrogens with zero attached hydrogens (tertiary/aromatic N) is 2. The minimum atomic E-state index is -4.09. The largest absolute Gasteiger partial charge is 0.354 e. The molecule has 0 radical (unpaired) electrons. The molecule has 1 N–H and O–H groups in total. The van der Waals surface area contributed by atoms with Crippen LogP contribution in [0.4, 0.5) is 5.69 Å². The monoisotopic (exact) mass is 563 g/mol. The van der Waals surface area contributed by atoms with Gasteiger partial charge < -0.3 is 10.2 Å². The van der Waals surface area contributed by atoms with Crippen molar-refractivity contribution in [1.82, 2.24) is 10.2 Å². The van der Waals surface area contributed by atoms with Gasteiger partial charge in [0.05, 0.1) is 10.6 Å². The fourth-order valence-electron chi connectivity index (χ4n) is 4.53. The van der Waals surface area contributed by atoms with E-state index >= 15 is 0 Å². The van der Waals surface area contributed by atoms with E-state index in [1.165, 1.54) is 21.3 Å². The van der Waals surface area contributed by atoms with Crippen LogP contribution < -0.4 is 9.62 Å². The van der Waals surface area contributed by atoms with Crippen molar-refractivity contribution in [3.63, 3.8) is 0 Å². The van der Waals surface area contributed by atoms with Crippen molar-refractivity contribution in [2.75, 3.05) is 17.4 Å². The van der Waals surface area contributed by atoms with Crippen molar-refractivity contribution in [1.29, 1.82) is 0 Å². The number of hydrogen-bond acceptors (Lipinski definition) is 4. The van der Waals surface area contributed by atoms with Crippen LogP contribution >= 0.6 is 0 Å². The zero-order chi connectivity index (χ0) is 29.4. The van der Waals surface area contributed by atoms with Crippen LogP contribution in [0.15, 0.2) is 77.7 Å². The van der Waals surface area contributed by atoms with Gasteiger partial charge in [-0.1, -0.05) is 75.4 Å². The second-order valence-corrected chi connectivity index (χ2v) is 12.5. The van der Waals surface area contributed by atoms with Crippen LogP contribution in [0.3, 0.4) is 0 Å². The topological polar surface area (TPSA) is 86.8 Å². The van der Waals surface area contributed by atoms with Crippen molar-refractivity contribution in [3.8, 4) is 0 Å². The zero-order valence-electron chi connectivity index (χ0n) is 24.3. The molecule has 3 aromatic carbocycles. The van der Waals surface area contributed by atoms with E-state index in [1.807, 2.05) is 77.9 Å². The lowest BCUT2D eigenvalue weighted by atomic mass is 10.1. The quantitative estimate of drug-likeness (QED) is 0.320. The summed E-state index contributed by atoms with van der Waals surface area (Å²) in [6, 6.07) is 20.6. The van der Waals surface area contributed by atoms with E-state index in [0.717, 1.165) is 22.3 Å². The van der Waals surface area contributed by atoms with Crippen LogP contribution in [-0.2, 0) is 26.2 Å². The molecule has 0 bridgehead atoms. The van der Waals surface area contributed by atoms with Crippen LogP contribution in [0.2, 0.25) is 0 Å². The molecule has 0 fully saturated rings. The molecular weight excluding hydrogens is 522 g/mol. The Hall–Kier alpha value is -3.65. The van der Waals surface area contributed by atoms with Gasteiger partial charge in [0.15, 0.2) is 0 Å². The first-order valence-electron chi connectivity index (χ1n) is 13.7. The number of sulfonamides is 1. The van der Waals surface area contributed by atoms with Crippen molar-refractivity contribution in [3.05, 3.63) is 95.1 Å². The van der Waals surface area contributed by atoms with E-state index in [9.17, 15) is 18.0 Å². The summed E-state index contributed by atoms with van der Waals surface area (Å²) in [6.07, 6.45) is 0.385. The van der Waals surface area contributed by atoms with Crippen LogP contribution in [-0.4, -0.2) is 44.3 Å². The highest BCUT2D eigenvalue weighted by Crippen LogP contribution is 2.28. The maximum atomic E-state index is 14.2. The van der Waals surface area contributed by atoms with E-state index in [4.69, 9.17) is 0 Å². The predicted molar refractivity (Wildman–Crippen MR) is 161 cm³/mol. The molecule has 0 saturated heterocycles. The van der Waals surface area contributed by atoms with Crippen molar-refractivity contribution < 1.29 is 18.0 Å². The molecular formula is C32H41N3O4S. The smallest absolute Gasteiger partial charge is 0.264 e. The Bertz CT molecular complexity index is 1420. The van der Waals surface area contributed by atoms with Crippen molar-refractivity contribution >= 4 is 27.5 Å². The standard InChI is InChI=1S/C32H41N3O4S/c1-7-29(32(37)33-20-23(2)3)34(21-27-14-12-11-13-25(27)5)31(36)22-35(30-19-24(4)17-18-26(30)6)40(38,39)28-15-9-8-10-16-28/h8-19,23,29H,7,20-22H2,1-6H3,(H,33,37)/t29-/m1/s1. The number of amides is 2. The number of aryl methyl sites for hydroxylation is 3.